The first-order valence-corrected chi connectivity index (χ1v) is 5.73. The lowest BCUT2D eigenvalue weighted by Gasteiger charge is -2.03. The maximum Gasteiger partial charge on any atom is 0.190 e. The van der Waals surface area contributed by atoms with Crippen LogP contribution < -0.4 is 0 Å². The van der Waals surface area contributed by atoms with Crippen molar-refractivity contribution in [1.29, 1.82) is 0 Å². The minimum absolute atomic E-state index is 0.115. The van der Waals surface area contributed by atoms with Gasteiger partial charge in [0.25, 0.3) is 0 Å². The molecule has 0 N–H and O–H groups in total. The van der Waals surface area contributed by atoms with Gasteiger partial charge in [0, 0.05) is 11.4 Å². The lowest BCUT2D eigenvalue weighted by molar-refractivity contribution is 0.0689. The molecule has 0 fully saturated rings. The molecule has 0 saturated carbocycles. The number of furan rings is 1. The third-order valence-electron chi connectivity index (χ3n) is 2.71. The van der Waals surface area contributed by atoms with Crippen LogP contribution in [0.3, 0.4) is 0 Å². The molecule has 86 valence electrons. The largest absolute Gasteiger partial charge is 0.465 e. The SMILES string of the molecule is Clc1ccc(C2=NOC(c3ccco3)C2)cc1. The zero-order chi connectivity index (χ0) is 11.7. The van der Waals surface area contributed by atoms with Gasteiger partial charge in [0.1, 0.15) is 5.76 Å². The van der Waals surface area contributed by atoms with Gasteiger partial charge < -0.3 is 9.25 Å². The number of nitrogens with zero attached hydrogens (tertiary/aromatic N) is 1. The van der Waals surface area contributed by atoms with Gasteiger partial charge in [0.05, 0.1) is 12.0 Å². The number of benzene rings is 1. The first-order chi connectivity index (χ1) is 8.33. The Morgan fingerprint density at radius 3 is 2.71 bits per heavy atom. The summed E-state index contributed by atoms with van der Waals surface area (Å²) >= 11 is 5.84. The van der Waals surface area contributed by atoms with Crippen LogP contribution in [-0.2, 0) is 4.84 Å². The number of hydrogen-bond donors (Lipinski definition) is 0. The molecule has 0 spiro atoms. The van der Waals surface area contributed by atoms with Gasteiger partial charge in [-0.1, -0.05) is 28.9 Å². The lowest BCUT2D eigenvalue weighted by Crippen LogP contribution is -2.00. The minimum Gasteiger partial charge on any atom is -0.465 e. The van der Waals surface area contributed by atoms with Crippen LogP contribution in [-0.4, -0.2) is 5.71 Å². The van der Waals surface area contributed by atoms with E-state index >= 15 is 0 Å². The van der Waals surface area contributed by atoms with Gasteiger partial charge >= 0.3 is 0 Å². The topological polar surface area (TPSA) is 34.7 Å². The van der Waals surface area contributed by atoms with Crippen molar-refractivity contribution in [3.63, 3.8) is 0 Å². The fourth-order valence-corrected chi connectivity index (χ4v) is 1.94. The highest BCUT2D eigenvalue weighted by atomic mass is 35.5. The van der Waals surface area contributed by atoms with Crippen molar-refractivity contribution >= 4 is 17.3 Å². The third-order valence-corrected chi connectivity index (χ3v) is 2.96. The second kappa shape index (κ2) is 4.26. The molecule has 1 aliphatic heterocycles. The van der Waals surface area contributed by atoms with Gasteiger partial charge in [0.2, 0.25) is 0 Å². The standard InChI is InChI=1S/C13H10ClNO2/c14-10-5-3-9(4-6-10)11-8-13(17-15-11)12-2-1-7-16-12/h1-7,13H,8H2. The van der Waals surface area contributed by atoms with Gasteiger partial charge in [-0.2, -0.15) is 0 Å². The normalized spacial score (nSPS) is 18.9. The van der Waals surface area contributed by atoms with Crippen LogP contribution in [0.15, 0.2) is 52.2 Å². The second-order valence-electron chi connectivity index (χ2n) is 3.86. The molecule has 17 heavy (non-hydrogen) atoms. The fraction of sp³-hybridized carbons (Fsp3) is 0.154. The van der Waals surface area contributed by atoms with Gasteiger partial charge in [-0.15, -0.1) is 0 Å². The predicted octanol–water partition coefficient (Wildman–Crippen LogP) is 3.80. The van der Waals surface area contributed by atoms with Gasteiger partial charge in [-0.3, -0.25) is 0 Å². The van der Waals surface area contributed by atoms with Gasteiger partial charge in [-0.05, 0) is 29.8 Å². The second-order valence-corrected chi connectivity index (χ2v) is 4.29. The smallest absolute Gasteiger partial charge is 0.190 e. The summed E-state index contributed by atoms with van der Waals surface area (Å²) in [6.07, 6.45) is 2.24. The maximum absolute atomic E-state index is 5.84. The van der Waals surface area contributed by atoms with Crippen molar-refractivity contribution in [3.8, 4) is 0 Å². The average Bonchev–Trinajstić information content (AvgIpc) is 3.00. The Labute approximate surface area is 104 Å². The molecule has 0 bridgehead atoms. The molecule has 0 aliphatic carbocycles. The van der Waals surface area contributed by atoms with E-state index in [2.05, 4.69) is 5.16 Å². The van der Waals surface area contributed by atoms with Crippen LogP contribution >= 0.6 is 11.6 Å². The van der Waals surface area contributed by atoms with E-state index in [4.69, 9.17) is 20.9 Å². The molecule has 1 aromatic heterocycles. The molecule has 1 aromatic carbocycles. The van der Waals surface area contributed by atoms with Crippen LogP contribution in [0.1, 0.15) is 23.8 Å². The Morgan fingerprint density at radius 2 is 2.00 bits per heavy atom. The number of rotatable bonds is 2. The summed E-state index contributed by atoms with van der Waals surface area (Å²) in [6, 6.07) is 11.3. The number of oxime groups is 1. The Hall–Kier alpha value is -1.74. The first-order valence-electron chi connectivity index (χ1n) is 5.35. The lowest BCUT2D eigenvalue weighted by atomic mass is 10.0. The van der Waals surface area contributed by atoms with Crippen molar-refractivity contribution in [2.75, 3.05) is 0 Å². The Morgan fingerprint density at radius 1 is 1.18 bits per heavy atom. The van der Waals surface area contributed by atoms with E-state index in [1.807, 2.05) is 36.4 Å². The Kier molecular flexibility index (Phi) is 2.61. The van der Waals surface area contributed by atoms with E-state index in [9.17, 15) is 0 Å². The summed E-state index contributed by atoms with van der Waals surface area (Å²) in [5, 5.41) is 4.80. The summed E-state index contributed by atoms with van der Waals surface area (Å²) in [6.45, 7) is 0. The summed E-state index contributed by atoms with van der Waals surface area (Å²) < 4.78 is 5.30. The highest BCUT2D eigenvalue weighted by molar-refractivity contribution is 6.30. The summed E-state index contributed by atoms with van der Waals surface area (Å²) in [5.41, 5.74) is 1.95. The molecule has 0 amide bonds. The van der Waals surface area contributed by atoms with E-state index in [1.165, 1.54) is 0 Å². The minimum atomic E-state index is -0.115. The van der Waals surface area contributed by atoms with Crippen LogP contribution in [0, 0.1) is 0 Å². The van der Waals surface area contributed by atoms with Crippen molar-refractivity contribution < 1.29 is 9.25 Å². The monoisotopic (exact) mass is 247 g/mol. The summed E-state index contributed by atoms with van der Waals surface area (Å²) in [7, 11) is 0. The van der Waals surface area contributed by atoms with Crippen molar-refractivity contribution in [2.45, 2.75) is 12.5 Å². The average molecular weight is 248 g/mol. The molecule has 1 aliphatic rings. The van der Waals surface area contributed by atoms with E-state index in [-0.39, 0.29) is 6.10 Å². The van der Waals surface area contributed by atoms with E-state index in [1.54, 1.807) is 6.26 Å². The highest BCUT2D eigenvalue weighted by Crippen LogP contribution is 2.29. The molecular formula is C13H10ClNO2. The molecule has 3 rings (SSSR count). The van der Waals surface area contributed by atoms with Crippen molar-refractivity contribution in [1.82, 2.24) is 0 Å². The van der Waals surface area contributed by atoms with E-state index in [0.717, 1.165) is 28.5 Å². The molecule has 2 heterocycles. The van der Waals surface area contributed by atoms with Crippen LogP contribution in [0.25, 0.3) is 0 Å². The van der Waals surface area contributed by atoms with Crippen LogP contribution in [0.2, 0.25) is 5.02 Å². The first kappa shape index (κ1) is 10.4. The Bertz CT molecular complexity index is 531. The van der Waals surface area contributed by atoms with E-state index in [0.29, 0.717) is 0 Å². The summed E-state index contributed by atoms with van der Waals surface area (Å²) in [4.78, 5) is 5.36. The molecule has 1 atom stereocenters. The van der Waals surface area contributed by atoms with Gasteiger partial charge in [0.15, 0.2) is 6.10 Å². The zero-order valence-corrected chi connectivity index (χ0v) is 9.72. The Balaban J connectivity index is 1.77. The summed E-state index contributed by atoms with van der Waals surface area (Å²) in [5.74, 6) is 0.803. The third kappa shape index (κ3) is 2.06. The fourth-order valence-electron chi connectivity index (χ4n) is 1.82. The number of hydrogen-bond acceptors (Lipinski definition) is 3. The van der Waals surface area contributed by atoms with Crippen LogP contribution in [0.5, 0.6) is 0 Å². The quantitative estimate of drug-likeness (QED) is 0.809. The van der Waals surface area contributed by atoms with E-state index < -0.39 is 0 Å². The predicted molar refractivity (Wildman–Crippen MR) is 65.1 cm³/mol. The molecule has 4 heteroatoms. The molecule has 0 radical (unpaired) electrons. The molecule has 2 aromatic rings. The molecule has 3 nitrogen and oxygen atoms in total. The maximum atomic E-state index is 5.84. The zero-order valence-electron chi connectivity index (χ0n) is 8.97. The van der Waals surface area contributed by atoms with Crippen molar-refractivity contribution in [2.24, 2.45) is 5.16 Å². The molecular weight excluding hydrogens is 238 g/mol. The number of halogens is 1. The molecule has 1 unspecified atom stereocenters. The van der Waals surface area contributed by atoms with Gasteiger partial charge in [-0.25, -0.2) is 0 Å². The van der Waals surface area contributed by atoms with Crippen molar-refractivity contribution in [3.05, 3.63) is 59.0 Å². The molecule has 0 saturated heterocycles. The highest BCUT2D eigenvalue weighted by Gasteiger charge is 2.25. The van der Waals surface area contributed by atoms with Crippen LogP contribution in [0.4, 0.5) is 0 Å².